The number of hydrogen-bond donors (Lipinski definition) is 0. The summed E-state index contributed by atoms with van der Waals surface area (Å²) in [5.41, 5.74) is 0.619. The zero-order valence-electron chi connectivity index (χ0n) is 9.28. The van der Waals surface area contributed by atoms with Gasteiger partial charge < -0.3 is 9.64 Å². The Balaban J connectivity index is 2.01. The molecule has 1 aromatic rings. The van der Waals surface area contributed by atoms with Gasteiger partial charge >= 0.3 is 0 Å². The second-order valence-corrected chi connectivity index (χ2v) is 4.59. The summed E-state index contributed by atoms with van der Waals surface area (Å²) in [5, 5.41) is 0. The second kappa shape index (κ2) is 5.85. The van der Waals surface area contributed by atoms with Crippen LogP contribution in [0.25, 0.3) is 0 Å². The second-order valence-electron chi connectivity index (χ2n) is 3.67. The lowest BCUT2D eigenvalue weighted by molar-refractivity contribution is 0.0637. The molecule has 1 heterocycles. The number of hydrogen-bond acceptors (Lipinski definition) is 3. The number of nitrogens with zero attached hydrogens (tertiary/aromatic N) is 1. The minimum absolute atomic E-state index is 0.149. The molecule has 17 heavy (non-hydrogen) atoms. The Bertz CT molecular complexity index is 453. The third kappa shape index (κ3) is 3.58. The summed E-state index contributed by atoms with van der Waals surface area (Å²) >= 11 is 3.33. The Labute approximate surface area is 109 Å². The van der Waals surface area contributed by atoms with Gasteiger partial charge in [-0.1, -0.05) is 15.9 Å². The van der Waals surface area contributed by atoms with Crippen molar-refractivity contribution in [1.29, 1.82) is 0 Å². The van der Waals surface area contributed by atoms with Crippen molar-refractivity contribution in [2.24, 2.45) is 0 Å². The summed E-state index contributed by atoms with van der Waals surface area (Å²) in [7, 11) is 0. The van der Waals surface area contributed by atoms with E-state index in [-0.39, 0.29) is 5.78 Å². The molecule has 0 amide bonds. The maximum atomic E-state index is 11.8. The van der Waals surface area contributed by atoms with E-state index in [0.29, 0.717) is 18.8 Å². The first-order valence-electron chi connectivity index (χ1n) is 5.40. The smallest absolute Gasteiger partial charge is 0.237 e. The van der Waals surface area contributed by atoms with Crippen molar-refractivity contribution >= 4 is 21.7 Å². The predicted octanol–water partition coefficient (Wildman–Crippen LogP) is 1.92. The van der Waals surface area contributed by atoms with Gasteiger partial charge in [0.2, 0.25) is 5.78 Å². The first-order chi connectivity index (χ1) is 8.25. The monoisotopic (exact) mass is 293 g/mol. The highest BCUT2D eigenvalue weighted by atomic mass is 79.9. The van der Waals surface area contributed by atoms with E-state index in [1.807, 2.05) is 17.0 Å². The van der Waals surface area contributed by atoms with Crippen LogP contribution in [0.15, 0.2) is 28.7 Å². The van der Waals surface area contributed by atoms with Crippen LogP contribution in [0.3, 0.4) is 0 Å². The third-order valence-electron chi connectivity index (χ3n) is 2.45. The van der Waals surface area contributed by atoms with E-state index in [1.165, 1.54) is 0 Å². The van der Waals surface area contributed by atoms with Gasteiger partial charge in [0, 0.05) is 29.2 Å². The van der Waals surface area contributed by atoms with E-state index in [4.69, 9.17) is 4.74 Å². The number of rotatable bonds is 1. The Kier molecular flexibility index (Phi) is 4.18. The SMILES string of the molecule is O=C(C#CN1CCOCC1)c1ccc(Br)cc1. The third-order valence-corrected chi connectivity index (χ3v) is 2.97. The molecule has 3 nitrogen and oxygen atoms in total. The van der Waals surface area contributed by atoms with Gasteiger partial charge in [0.05, 0.1) is 13.2 Å². The van der Waals surface area contributed by atoms with E-state index >= 15 is 0 Å². The Morgan fingerprint density at radius 2 is 1.88 bits per heavy atom. The highest BCUT2D eigenvalue weighted by molar-refractivity contribution is 9.10. The topological polar surface area (TPSA) is 29.5 Å². The molecule has 0 unspecified atom stereocenters. The number of carbonyl (C=O) groups is 1. The molecule has 1 fully saturated rings. The molecule has 0 N–H and O–H groups in total. The van der Waals surface area contributed by atoms with Gasteiger partial charge in [0.15, 0.2) is 0 Å². The summed E-state index contributed by atoms with van der Waals surface area (Å²) in [5.74, 6) is 2.51. The van der Waals surface area contributed by atoms with Crippen LogP contribution in [0, 0.1) is 12.0 Å². The van der Waals surface area contributed by atoms with Crippen LogP contribution >= 0.6 is 15.9 Å². The first-order valence-corrected chi connectivity index (χ1v) is 6.19. The Morgan fingerprint density at radius 1 is 1.24 bits per heavy atom. The van der Waals surface area contributed by atoms with Crippen LogP contribution in [-0.4, -0.2) is 37.0 Å². The van der Waals surface area contributed by atoms with Crippen molar-refractivity contribution in [3.8, 4) is 12.0 Å². The number of morpholine rings is 1. The molecule has 1 aliphatic heterocycles. The molecule has 2 rings (SSSR count). The largest absolute Gasteiger partial charge is 0.378 e. The fourth-order valence-corrected chi connectivity index (χ4v) is 1.74. The average Bonchev–Trinajstić information content (AvgIpc) is 2.38. The zero-order valence-corrected chi connectivity index (χ0v) is 10.9. The van der Waals surface area contributed by atoms with Crippen molar-refractivity contribution in [1.82, 2.24) is 4.90 Å². The molecule has 0 bridgehead atoms. The molecular weight excluding hydrogens is 282 g/mol. The molecule has 0 saturated carbocycles. The molecule has 0 spiro atoms. The standard InChI is InChI=1S/C13H12BrNO2/c14-12-3-1-11(2-4-12)13(16)5-6-15-7-9-17-10-8-15/h1-4H,7-10H2. The number of ether oxygens (including phenoxy) is 1. The fourth-order valence-electron chi connectivity index (χ4n) is 1.48. The van der Waals surface area contributed by atoms with Crippen molar-refractivity contribution < 1.29 is 9.53 Å². The summed E-state index contributed by atoms with van der Waals surface area (Å²) in [6.45, 7) is 2.89. The normalized spacial score (nSPS) is 15.0. The summed E-state index contributed by atoms with van der Waals surface area (Å²) in [6, 6.07) is 10.1. The number of ketones is 1. The first kappa shape index (κ1) is 12.2. The number of halogens is 1. The van der Waals surface area contributed by atoms with E-state index in [9.17, 15) is 4.79 Å². The van der Waals surface area contributed by atoms with Crippen LogP contribution in [-0.2, 0) is 4.74 Å². The van der Waals surface area contributed by atoms with Gasteiger partial charge in [-0.25, -0.2) is 0 Å². The van der Waals surface area contributed by atoms with Crippen LogP contribution in [0.5, 0.6) is 0 Å². The minimum atomic E-state index is -0.149. The minimum Gasteiger partial charge on any atom is -0.378 e. The lowest BCUT2D eigenvalue weighted by Crippen LogP contribution is -2.32. The van der Waals surface area contributed by atoms with Crippen LogP contribution in [0.1, 0.15) is 10.4 Å². The van der Waals surface area contributed by atoms with Crippen molar-refractivity contribution in [3.05, 3.63) is 34.3 Å². The van der Waals surface area contributed by atoms with E-state index in [0.717, 1.165) is 17.6 Å². The fraction of sp³-hybridized carbons (Fsp3) is 0.308. The van der Waals surface area contributed by atoms with Crippen LogP contribution in [0.2, 0.25) is 0 Å². The molecule has 0 aliphatic carbocycles. The molecule has 0 radical (unpaired) electrons. The molecule has 1 aromatic carbocycles. The molecule has 1 saturated heterocycles. The number of Topliss-reactive ketones (excluding diaryl/α,β-unsaturated/α-hetero) is 1. The van der Waals surface area contributed by atoms with Gasteiger partial charge in [-0.2, -0.15) is 0 Å². The van der Waals surface area contributed by atoms with E-state index in [1.54, 1.807) is 12.1 Å². The van der Waals surface area contributed by atoms with Gasteiger partial charge in [0.1, 0.15) is 0 Å². The lowest BCUT2D eigenvalue weighted by Gasteiger charge is -2.22. The summed E-state index contributed by atoms with van der Waals surface area (Å²) in [4.78, 5) is 13.7. The van der Waals surface area contributed by atoms with E-state index in [2.05, 4.69) is 27.9 Å². The summed E-state index contributed by atoms with van der Waals surface area (Å²) < 4.78 is 6.16. The molecule has 0 atom stereocenters. The molecule has 0 aromatic heterocycles. The zero-order chi connectivity index (χ0) is 12.1. The lowest BCUT2D eigenvalue weighted by atomic mass is 10.1. The molecular formula is C13H12BrNO2. The molecule has 1 aliphatic rings. The Morgan fingerprint density at radius 3 is 2.53 bits per heavy atom. The van der Waals surface area contributed by atoms with Gasteiger partial charge in [0.25, 0.3) is 0 Å². The quantitative estimate of drug-likeness (QED) is 0.585. The van der Waals surface area contributed by atoms with Gasteiger partial charge in [-0.05, 0) is 30.2 Å². The summed E-state index contributed by atoms with van der Waals surface area (Å²) in [6.07, 6.45) is 0. The van der Waals surface area contributed by atoms with Crippen LogP contribution < -0.4 is 0 Å². The molecule has 88 valence electrons. The highest BCUT2D eigenvalue weighted by Crippen LogP contribution is 2.10. The van der Waals surface area contributed by atoms with Crippen molar-refractivity contribution in [3.63, 3.8) is 0 Å². The molecule has 4 heteroatoms. The van der Waals surface area contributed by atoms with E-state index < -0.39 is 0 Å². The Hall–Kier alpha value is -1.31. The van der Waals surface area contributed by atoms with Crippen LogP contribution in [0.4, 0.5) is 0 Å². The maximum absolute atomic E-state index is 11.8. The predicted molar refractivity (Wildman–Crippen MR) is 68.6 cm³/mol. The average molecular weight is 294 g/mol. The van der Waals surface area contributed by atoms with Gasteiger partial charge in [-0.15, -0.1) is 0 Å². The van der Waals surface area contributed by atoms with Gasteiger partial charge in [-0.3, -0.25) is 4.79 Å². The number of carbonyl (C=O) groups excluding carboxylic acids is 1. The van der Waals surface area contributed by atoms with Crippen molar-refractivity contribution in [2.75, 3.05) is 26.3 Å². The highest BCUT2D eigenvalue weighted by Gasteiger charge is 2.06. The van der Waals surface area contributed by atoms with Crippen molar-refractivity contribution in [2.45, 2.75) is 0 Å². The maximum Gasteiger partial charge on any atom is 0.237 e. The number of benzene rings is 1.